The number of nitrogens with zero attached hydrogens (tertiary/aromatic N) is 1. The Labute approximate surface area is 161 Å². The van der Waals surface area contributed by atoms with Gasteiger partial charge in [0.15, 0.2) is 5.75 Å². The Hall–Kier alpha value is -2.19. The number of hydrogen-bond donors (Lipinski definition) is 1. The van der Waals surface area contributed by atoms with Crippen molar-refractivity contribution in [3.05, 3.63) is 56.5 Å². The average molecular weight is 470 g/mol. The Bertz CT molecular complexity index is 797. The zero-order valence-electron chi connectivity index (χ0n) is 13.4. The van der Waals surface area contributed by atoms with Crippen LogP contribution in [-0.2, 0) is 4.79 Å². The van der Waals surface area contributed by atoms with Crippen molar-refractivity contribution in [3.63, 3.8) is 0 Å². The van der Waals surface area contributed by atoms with Gasteiger partial charge in [-0.1, -0.05) is 0 Å². The van der Waals surface area contributed by atoms with Gasteiger partial charge in [0.2, 0.25) is 0 Å². The lowest BCUT2D eigenvalue weighted by Crippen LogP contribution is -2.17. The van der Waals surface area contributed by atoms with Crippen molar-refractivity contribution in [2.24, 2.45) is 5.10 Å². The molecule has 8 heteroatoms. The van der Waals surface area contributed by atoms with Crippen LogP contribution < -0.4 is 14.9 Å². The van der Waals surface area contributed by atoms with Gasteiger partial charge in [0.05, 0.1) is 22.3 Å². The van der Waals surface area contributed by atoms with E-state index < -0.39 is 5.97 Å². The zero-order chi connectivity index (χ0) is 18.4. The second kappa shape index (κ2) is 8.77. The van der Waals surface area contributed by atoms with E-state index >= 15 is 0 Å². The molecule has 6 nitrogen and oxygen atoms in total. The minimum absolute atomic E-state index is 0.339. The summed E-state index contributed by atoms with van der Waals surface area (Å²) in [4.78, 5) is 23.1. The largest absolute Gasteiger partial charge is 0.497 e. The molecule has 0 aliphatic heterocycles. The first-order valence-corrected chi connectivity index (χ1v) is 8.64. The fraction of sp³-hybridized carbons (Fsp3) is 0.118. The van der Waals surface area contributed by atoms with E-state index in [-0.39, 0.29) is 5.91 Å². The number of carbonyl (C=O) groups is 2. The Morgan fingerprint density at radius 3 is 2.24 bits per heavy atom. The molecule has 2 aromatic rings. The maximum Gasteiger partial charge on any atom is 0.308 e. The molecule has 0 saturated heterocycles. The minimum Gasteiger partial charge on any atom is -0.497 e. The van der Waals surface area contributed by atoms with Crippen LogP contribution in [-0.4, -0.2) is 25.2 Å². The van der Waals surface area contributed by atoms with E-state index in [4.69, 9.17) is 9.47 Å². The molecule has 0 radical (unpaired) electrons. The normalized spacial score (nSPS) is 10.6. The SMILES string of the molecule is COc1ccc(C(=O)N/N=C\c2cc(Br)c(OC(C)=O)c(Br)c2)cc1. The molecule has 0 bridgehead atoms. The molecule has 0 unspecified atom stereocenters. The lowest BCUT2D eigenvalue weighted by molar-refractivity contribution is -0.131. The fourth-order valence-electron chi connectivity index (χ4n) is 1.87. The molecule has 0 aromatic heterocycles. The summed E-state index contributed by atoms with van der Waals surface area (Å²) in [7, 11) is 1.56. The number of hydrogen-bond acceptors (Lipinski definition) is 5. The van der Waals surface area contributed by atoms with Gasteiger partial charge in [-0.2, -0.15) is 5.10 Å². The number of halogens is 2. The van der Waals surface area contributed by atoms with Gasteiger partial charge in [-0.3, -0.25) is 9.59 Å². The topological polar surface area (TPSA) is 77.0 Å². The van der Waals surface area contributed by atoms with Gasteiger partial charge in [-0.25, -0.2) is 5.43 Å². The van der Waals surface area contributed by atoms with E-state index in [0.717, 1.165) is 0 Å². The maximum absolute atomic E-state index is 12.0. The number of methoxy groups -OCH3 is 1. The average Bonchev–Trinajstić information content (AvgIpc) is 2.58. The molecular weight excluding hydrogens is 456 g/mol. The molecule has 0 heterocycles. The molecule has 0 saturated carbocycles. The van der Waals surface area contributed by atoms with Crippen LogP contribution in [0.2, 0.25) is 0 Å². The summed E-state index contributed by atoms with van der Waals surface area (Å²) in [6.45, 7) is 1.32. The summed E-state index contributed by atoms with van der Waals surface area (Å²) in [6.07, 6.45) is 1.48. The Kier molecular flexibility index (Phi) is 6.72. The van der Waals surface area contributed by atoms with Gasteiger partial charge in [0.1, 0.15) is 5.75 Å². The summed E-state index contributed by atoms with van der Waals surface area (Å²) in [5.74, 6) is 0.290. The van der Waals surface area contributed by atoms with Crippen molar-refractivity contribution in [2.45, 2.75) is 6.92 Å². The van der Waals surface area contributed by atoms with Gasteiger partial charge >= 0.3 is 5.97 Å². The second-order valence-electron chi connectivity index (χ2n) is 4.83. The first-order chi connectivity index (χ1) is 11.9. The monoisotopic (exact) mass is 468 g/mol. The van der Waals surface area contributed by atoms with Crippen LogP contribution in [0.3, 0.4) is 0 Å². The van der Waals surface area contributed by atoms with Gasteiger partial charge in [-0.15, -0.1) is 0 Å². The quantitative estimate of drug-likeness (QED) is 0.311. The van der Waals surface area contributed by atoms with Gasteiger partial charge in [0, 0.05) is 12.5 Å². The highest BCUT2D eigenvalue weighted by Crippen LogP contribution is 2.34. The van der Waals surface area contributed by atoms with Gasteiger partial charge in [0.25, 0.3) is 5.91 Å². The second-order valence-corrected chi connectivity index (χ2v) is 6.54. The van der Waals surface area contributed by atoms with Crippen LogP contribution in [0.25, 0.3) is 0 Å². The molecule has 25 heavy (non-hydrogen) atoms. The molecule has 1 N–H and O–H groups in total. The highest BCUT2D eigenvalue weighted by Gasteiger charge is 2.10. The van der Waals surface area contributed by atoms with Gasteiger partial charge < -0.3 is 9.47 Å². The van der Waals surface area contributed by atoms with Crippen LogP contribution >= 0.6 is 31.9 Å². The lowest BCUT2D eigenvalue weighted by Gasteiger charge is -2.07. The molecule has 0 spiro atoms. The first-order valence-electron chi connectivity index (χ1n) is 7.05. The molecule has 0 aliphatic carbocycles. The number of esters is 1. The highest BCUT2D eigenvalue weighted by atomic mass is 79.9. The number of carbonyl (C=O) groups excluding carboxylic acids is 2. The molecule has 0 atom stereocenters. The highest BCUT2D eigenvalue weighted by molar-refractivity contribution is 9.11. The minimum atomic E-state index is -0.422. The summed E-state index contributed by atoms with van der Waals surface area (Å²) >= 11 is 6.66. The molecule has 0 aliphatic rings. The summed E-state index contributed by atoms with van der Waals surface area (Å²) in [5.41, 5.74) is 3.61. The van der Waals surface area contributed by atoms with Crippen LogP contribution in [0.5, 0.6) is 11.5 Å². The number of benzene rings is 2. The third-order valence-electron chi connectivity index (χ3n) is 3.00. The molecule has 1 amide bonds. The van der Waals surface area contributed by atoms with E-state index in [1.165, 1.54) is 13.1 Å². The summed E-state index contributed by atoms with van der Waals surface area (Å²) in [6, 6.07) is 10.1. The molecular formula is C17H14Br2N2O4. The van der Waals surface area contributed by atoms with Crippen LogP contribution in [0.15, 0.2) is 50.4 Å². The summed E-state index contributed by atoms with van der Waals surface area (Å²) < 4.78 is 11.3. The molecule has 0 fully saturated rings. The number of ether oxygens (including phenoxy) is 2. The van der Waals surface area contributed by atoms with Crippen LogP contribution in [0, 0.1) is 0 Å². The third-order valence-corrected chi connectivity index (χ3v) is 4.18. The van der Waals surface area contributed by atoms with Gasteiger partial charge in [-0.05, 0) is 73.8 Å². The van der Waals surface area contributed by atoms with Crippen molar-refractivity contribution < 1.29 is 19.1 Å². The summed E-state index contributed by atoms with van der Waals surface area (Å²) in [5, 5.41) is 3.93. The Morgan fingerprint density at radius 1 is 1.12 bits per heavy atom. The first kappa shape index (κ1) is 19.1. The smallest absolute Gasteiger partial charge is 0.308 e. The van der Waals surface area contributed by atoms with Crippen molar-refractivity contribution in [3.8, 4) is 11.5 Å². The maximum atomic E-state index is 12.0. The fourth-order valence-corrected chi connectivity index (χ4v) is 3.25. The van der Waals surface area contributed by atoms with E-state index in [0.29, 0.717) is 31.6 Å². The lowest BCUT2D eigenvalue weighted by atomic mass is 10.2. The van der Waals surface area contributed by atoms with Crippen molar-refractivity contribution in [1.82, 2.24) is 5.43 Å². The number of rotatable bonds is 5. The van der Waals surface area contributed by atoms with E-state index in [1.807, 2.05) is 0 Å². The predicted molar refractivity (Wildman–Crippen MR) is 101 cm³/mol. The predicted octanol–water partition coefficient (Wildman–Crippen LogP) is 3.91. The van der Waals surface area contributed by atoms with E-state index in [2.05, 4.69) is 42.4 Å². The number of amides is 1. The van der Waals surface area contributed by atoms with Crippen molar-refractivity contribution >= 4 is 50.0 Å². The van der Waals surface area contributed by atoms with E-state index in [9.17, 15) is 9.59 Å². The van der Waals surface area contributed by atoms with Crippen LogP contribution in [0.4, 0.5) is 0 Å². The van der Waals surface area contributed by atoms with Crippen molar-refractivity contribution in [2.75, 3.05) is 7.11 Å². The molecule has 130 valence electrons. The standard InChI is InChI=1S/C17H14Br2N2O4/c1-10(22)25-16-14(18)7-11(8-15(16)19)9-20-21-17(23)12-3-5-13(24-2)6-4-12/h3-9H,1-2H3,(H,21,23)/b20-9-. The van der Waals surface area contributed by atoms with E-state index in [1.54, 1.807) is 43.5 Å². The Morgan fingerprint density at radius 2 is 1.72 bits per heavy atom. The number of hydrazone groups is 1. The molecule has 2 aromatic carbocycles. The third kappa shape index (κ3) is 5.40. The van der Waals surface area contributed by atoms with Crippen molar-refractivity contribution in [1.29, 1.82) is 0 Å². The zero-order valence-corrected chi connectivity index (χ0v) is 16.5. The van der Waals surface area contributed by atoms with Crippen LogP contribution in [0.1, 0.15) is 22.8 Å². The Balaban J connectivity index is 2.06. The number of nitrogens with one attached hydrogen (secondary N) is 1. The molecule has 2 rings (SSSR count).